The number of carbonyl (C=O) groups is 2. The first-order chi connectivity index (χ1) is 11.3. The number of carbonyl (C=O) groups excluding carboxylic acids is 1. The third kappa shape index (κ3) is 3.01. The van der Waals surface area contributed by atoms with Crippen LogP contribution in [0.4, 0.5) is 0 Å². The van der Waals surface area contributed by atoms with Crippen LogP contribution in [-0.2, 0) is 9.53 Å². The highest BCUT2D eigenvalue weighted by atomic mass is 35.5. The van der Waals surface area contributed by atoms with Gasteiger partial charge in [0.15, 0.2) is 6.04 Å². The molecule has 1 saturated heterocycles. The van der Waals surface area contributed by atoms with Crippen molar-refractivity contribution in [2.75, 3.05) is 6.61 Å². The summed E-state index contributed by atoms with van der Waals surface area (Å²) in [6, 6.07) is 3.59. The average Bonchev–Trinajstić information content (AvgIpc) is 2.89. The van der Waals surface area contributed by atoms with Gasteiger partial charge in [-0.05, 0) is 49.8 Å². The summed E-state index contributed by atoms with van der Waals surface area (Å²) in [7, 11) is 0. The first-order valence-electron chi connectivity index (χ1n) is 7.99. The molecule has 0 radical (unpaired) electrons. The number of halogens is 2. The first-order valence-corrected chi connectivity index (χ1v) is 8.75. The Morgan fingerprint density at radius 2 is 1.96 bits per heavy atom. The number of carboxylic acids is 1. The van der Waals surface area contributed by atoms with Gasteiger partial charge in [0.05, 0.1) is 17.2 Å². The van der Waals surface area contributed by atoms with Crippen molar-refractivity contribution in [1.82, 2.24) is 4.90 Å². The van der Waals surface area contributed by atoms with Crippen LogP contribution in [-0.4, -0.2) is 40.3 Å². The molecule has 1 aromatic rings. The summed E-state index contributed by atoms with van der Waals surface area (Å²) >= 11 is 12.1. The summed E-state index contributed by atoms with van der Waals surface area (Å²) in [4.78, 5) is 26.1. The lowest BCUT2D eigenvalue weighted by Crippen LogP contribution is -2.55. The van der Waals surface area contributed by atoms with Crippen molar-refractivity contribution in [3.63, 3.8) is 0 Å². The van der Waals surface area contributed by atoms with Crippen molar-refractivity contribution in [1.29, 1.82) is 0 Å². The van der Waals surface area contributed by atoms with Crippen LogP contribution in [0.1, 0.15) is 43.0 Å². The van der Waals surface area contributed by atoms with E-state index in [0.29, 0.717) is 23.8 Å². The van der Waals surface area contributed by atoms with E-state index in [-0.39, 0.29) is 17.2 Å². The van der Waals surface area contributed by atoms with Gasteiger partial charge in [-0.3, -0.25) is 9.69 Å². The smallest absolute Gasteiger partial charge is 0.328 e. The van der Waals surface area contributed by atoms with Crippen molar-refractivity contribution in [2.24, 2.45) is 5.92 Å². The van der Waals surface area contributed by atoms with Crippen molar-refractivity contribution in [3.8, 4) is 0 Å². The van der Waals surface area contributed by atoms with Gasteiger partial charge in [-0.2, -0.15) is 0 Å². The molecule has 1 unspecified atom stereocenters. The van der Waals surface area contributed by atoms with Gasteiger partial charge in [-0.25, -0.2) is 4.79 Å². The van der Waals surface area contributed by atoms with Crippen molar-refractivity contribution in [2.45, 2.75) is 44.4 Å². The SMILES string of the molecule is CC1CCC2(CC1)OCC(C(=O)O)N2C(=O)c1ccc(Cl)cc1Cl. The summed E-state index contributed by atoms with van der Waals surface area (Å²) in [6.45, 7) is 2.15. The molecule has 1 aromatic carbocycles. The van der Waals surface area contributed by atoms with E-state index in [9.17, 15) is 14.7 Å². The molecule has 1 atom stereocenters. The molecule has 2 fully saturated rings. The highest BCUT2D eigenvalue weighted by Gasteiger charge is 2.54. The van der Waals surface area contributed by atoms with Crippen molar-refractivity contribution in [3.05, 3.63) is 33.8 Å². The molecule has 1 spiro atoms. The lowest BCUT2D eigenvalue weighted by Gasteiger charge is -2.42. The minimum absolute atomic E-state index is 0.000658. The van der Waals surface area contributed by atoms with Crippen molar-refractivity contribution >= 4 is 35.1 Å². The van der Waals surface area contributed by atoms with Crippen LogP contribution in [0.5, 0.6) is 0 Å². The zero-order valence-corrected chi connectivity index (χ0v) is 14.8. The standard InChI is InChI=1S/C17H19Cl2NO4/c1-10-4-6-17(7-5-10)20(14(9-24-17)16(22)23)15(21)12-3-2-11(18)8-13(12)19/h2-3,8,10,14H,4-7,9H2,1H3,(H,22,23). The number of hydrogen-bond acceptors (Lipinski definition) is 3. The molecule has 7 heteroatoms. The number of benzene rings is 1. The molecule has 3 rings (SSSR count). The molecule has 24 heavy (non-hydrogen) atoms. The van der Waals surface area contributed by atoms with E-state index in [0.717, 1.165) is 12.8 Å². The minimum Gasteiger partial charge on any atom is -0.480 e. The predicted molar refractivity (Wildman–Crippen MR) is 90.4 cm³/mol. The van der Waals surface area contributed by atoms with E-state index in [1.165, 1.54) is 17.0 Å². The minimum atomic E-state index is -1.07. The van der Waals surface area contributed by atoms with Crippen LogP contribution >= 0.6 is 23.2 Å². The van der Waals surface area contributed by atoms with E-state index in [4.69, 9.17) is 27.9 Å². The third-order valence-corrected chi connectivity index (χ3v) is 5.53. The highest BCUT2D eigenvalue weighted by Crippen LogP contribution is 2.43. The zero-order chi connectivity index (χ0) is 17.5. The highest BCUT2D eigenvalue weighted by molar-refractivity contribution is 6.36. The molecular formula is C17H19Cl2NO4. The van der Waals surface area contributed by atoms with E-state index < -0.39 is 23.6 Å². The molecular weight excluding hydrogens is 353 g/mol. The second-order valence-corrected chi connectivity index (χ2v) is 7.44. The van der Waals surface area contributed by atoms with Crippen LogP contribution in [0.15, 0.2) is 18.2 Å². The fraction of sp³-hybridized carbons (Fsp3) is 0.529. The van der Waals surface area contributed by atoms with Crippen LogP contribution in [0.3, 0.4) is 0 Å². The molecule has 1 saturated carbocycles. The monoisotopic (exact) mass is 371 g/mol. The maximum absolute atomic E-state index is 13.1. The summed E-state index contributed by atoms with van der Waals surface area (Å²) in [5.74, 6) is -0.945. The molecule has 1 amide bonds. The Morgan fingerprint density at radius 1 is 1.29 bits per heavy atom. The van der Waals surface area contributed by atoms with Gasteiger partial charge < -0.3 is 9.84 Å². The number of rotatable bonds is 2. The molecule has 1 N–H and O–H groups in total. The normalized spacial score (nSPS) is 29.9. The van der Waals surface area contributed by atoms with E-state index in [1.807, 2.05) is 0 Å². The lowest BCUT2D eigenvalue weighted by molar-refractivity contribution is -0.143. The molecule has 5 nitrogen and oxygen atoms in total. The maximum Gasteiger partial charge on any atom is 0.328 e. The van der Waals surface area contributed by atoms with Crippen LogP contribution in [0.2, 0.25) is 10.0 Å². The van der Waals surface area contributed by atoms with Crippen LogP contribution < -0.4 is 0 Å². The number of ether oxygens (including phenoxy) is 1. The number of aliphatic carboxylic acids is 1. The molecule has 1 heterocycles. The predicted octanol–water partition coefficient (Wildman–Crippen LogP) is 3.83. The number of nitrogens with zero attached hydrogens (tertiary/aromatic N) is 1. The first kappa shape index (κ1) is 17.5. The quantitative estimate of drug-likeness (QED) is 0.857. The largest absolute Gasteiger partial charge is 0.480 e. The van der Waals surface area contributed by atoms with Crippen LogP contribution in [0.25, 0.3) is 0 Å². The topological polar surface area (TPSA) is 66.8 Å². The Morgan fingerprint density at radius 3 is 2.54 bits per heavy atom. The summed E-state index contributed by atoms with van der Waals surface area (Å²) in [5, 5.41) is 10.2. The fourth-order valence-electron chi connectivity index (χ4n) is 3.56. The second kappa shape index (κ2) is 6.54. The van der Waals surface area contributed by atoms with Gasteiger partial charge in [0.1, 0.15) is 5.72 Å². The lowest BCUT2D eigenvalue weighted by atomic mass is 9.83. The van der Waals surface area contributed by atoms with Gasteiger partial charge in [0.2, 0.25) is 0 Å². The van der Waals surface area contributed by atoms with E-state index in [2.05, 4.69) is 6.92 Å². The van der Waals surface area contributed by atoms with E-state index >= 15 is 0 Å². The summed E-state index contributed by atoms with van der Waals surface area (Å²) in [5.41, 5.74) is -0.605. The molecule has 0 aromatic heterocycles. The number of carboxylic acid groups (broad SMARTS) is 1. The maximum atomic E-state index is 13.1. The second-order valence-electron chi connectivity index (χ2n) is 6.59. The Kier molecular flexibility index (Phi) is 4.78. The molecule has 130 valence electrons. The third-order valence-electron chi connectivity index (χ3n) is 4.98. The molecule has 2 aliphatic rings. The Balaban J connectivity index is 1.98. The molecule has 1 aliphatic heterocycles. The van der Waals surface area contributed by atoms with Gasteiger partial charge in [0.25, 0.3) is 5.91 Å². The summed E-state index contributed by atoms with van der Waals surface area (Å²) < 4.78 is 5.88. The molecule has 1 aliphatic carbocycles. The van der Waals surface area contributed by atoms with Gasteiger partial charge in [0, 0.05) is 5.02 Å². The zero-order valence-electron chi connectivity index (χ0n) is 13.3. The fourth-order valence-corrected chi connectivity index (χ4v) is 4.05. The van der Waals surface area contributed by atoms with Crippen molar-refractivity contribution < 1.29 is 19.4 Å². The number of hydrogen-bond donors (Lipinski definition) is 1. The average molecular weight is 372 g/mol. The van der Waals surface area contributed by atoms with Gasteiger partial charge in [-0.15, -0.1) is 0 Å². The Bertz CT molecular complexity index is 671. The van der Waals surface area contributed by atoms with Crippen LogP contribution in [0, 0.1) is 5.92 Å². The Hall–Kier alpha value is -1.30. The van der Waals surface area contributed by atoms with Gasteiger partial charge >= 0.3 is 5.97 Å². The number of amides is 1. The summed E-state index contributed by atoms with van der Waals surface area (Å²) in [6.07, 6.45) is 3.05. The van der Waals surface area contributed by atoms with Gasteiger partial charge in [-0.1, -0.05) is 30.1 Å². The van der Waals surface area contributed by atoms with E-state index in [1.54, 1.807) is 6.07 Å². The Labute approximate surface area is 150 Å². The molecule has 0 bridgehead atoms.